The second-order valence-corrected chi connectivity index (χ2v) is 6.37. The average molecular weight is 291 g/mol. The second-order valence-electron chi connectivity index (χ2n) is 6.37. The minimum absolute atomic E-state index is 0.0413. The molecule has 1 aromatic rings. The first-order valence-electron chi connectivity index (χ1n) is 7.13. The predicted molar refractivity (Wildman–Crippen MR) is 86.3 cm³/mol. The molecular formula is C16H25N3O2. The summed E-state index contributed by atoms with van der Waals surface area (Å²) in [6, 6.07) is 7.35. The summed E-state index contributed by atoms with van der Waals surface area (Å²) < 4.78 is 0. The first-order chi connectivity index (χ1) is 9.68. The molecule has 116 valence electrons. The summed E-state index contributed by atoms with van der Waals surface area (Å²) in [5, 5.41) is 8.68. The van der Waals surface area contributed by atoms with E-state index in [2.05, 4.69) is 16.0 Å². The largest absolute Gasteiger partial charge is 0.326 e. The van der Waals surface area contributed by atoms with Gasteiger partial charge in [0, 0.05) is 22.8 Å². The van der Waals surface area contributed by atoms with Crippen LogP contribution >= 0.6 is 0 Å². The average Bonchev–Trinajstić information content (AvgIpc) is 2.37. The molecule has 0 unspecified atom stereocenters. The van der Waals surface area contributed by atoms with Gasteiger partial charge in [-0.2, -0.15) is 0 Å². The molecule has 1 rings (SSSR count). The molecule has 0 aliphatic rings. The molecule has 21 heavy (non-hydrogen) atoms. The molecule has 0 aliphatic heterocycles. The van der Waals surface area contributed by atoms with E-state index >= 15 is 0 Å². The molecule has 0 spiro atoms. The Balaban J connectivity index is 2.54. The van der Waals surface area contributed by atoms with Crippen LogP contribution in [0.2, 0.25) is 0 Å². The molecule has 0 atom stereocenters. The zero-order valence-electron chi connectivity index (χ0n) is 13.4. The van der Waals surface area contributed by atoms with Gasteiger partial charge >= 0.3 is 0 Å². The maximum Gasteiger partial charge on any atom is 0.238 e. The van der Waals surface area contributed by atoms with Crippen molar-refractivity contribution in [3.63, 3.8) is 0 Å². The molecule has 0 saturated carbocycles. The number of hydrogen-bond acceptors (Lipinski definition) is 3. The lowest BCUT2D eigenvalue weighted by atomic mass is 9.95. The van der Waals surface area contributed by atoms with Crippen molar-refractivity contribution in [1.29, 1.82) is 0 Å². The maximum atomic E-state index is 11.9. The molecule has 5 nitrogen and oxygen atoms in total. The van der Waals surface area contributed by atoms with Crippen molar-refractivity contribution >= 4 is 23.2 Å². The summed E-state index contributed by atoms with van der Waals surface area (Å²) in [5.74, 6) is -0.129. The molecular weight excluding hydrogens is 266 g/mol. The van der Waals surface area contributed by atoms with E-state index in [9.17, 15) is 9.59 Å². The zero-order chi connectivity index (χ0) is 16.0. The fraction of sp³-hybridized carbons (Fsp3) is 0.500. The molecule has 0 fully saturated rings. The first-order valence-corrected chi connectivity index (χ1v) is 7.13. The van der Waals surface area contributed by atoms with E-state index in [0.29, 0.717) is 11.4 Å². The highest BCUT2D eigenvalue weighted by Gasteiger charge is 2.20. The van der Waals surface area contributed by atoms with Gasteiger partial charge < -0.3 is 16.0 Å². The van der Waals surface area contributed by atoms with Crippen molar-refractivity contribution in [2.45, 2.75) is 40.7 Å². The molecule has 5 heteroatoms. The van der Waals surface area contributed by atoms with Crippen LogP contribution < -0.4 is 16.0 Å². The Morgan fingerprint density at radius 3 is 1.90 bits per heavy atom. The fourth-order valence-electron chi connectivity index (χ4n) is 1.46. The lowest BCUT2D eigenvalue weighted by Gasteiger charge is -2.17. The number of benzene rings is 1. The van der Waals surface area contributed by atoms with E-state index in [1.54, 1.807) is 24.3 Å². The third-order valence-electron chi connectivity index (χ3n) is 2.78. The van der Waals surface area contributed by atoms with E-state index in [4.69, 9.17) is 0 Å². The van der Waals surface area contributed by atoms with E-state index in [-0.39, 0.29) is 24.4 Å². The lowest BCUT2D eigenvalue weighted by Crippen LogP contribution is -2.32. The number of carbonyl (C=O) groups excluding carboxylic acids is 2. The smallest absolute Gasteiger partial charge is 0.238 e. The van der Waals surface area contributed by atoms with Crippen LogP contribution in [-0.4, -0.2) is 24.4 Å². The third kappa shape index (κ3) is 6.40. The van der Waals surface area contributed by atoms with Gasteiger partial charge in [-0.25, -0.2) is 0 Å². The fourth-order valence-corrected chi connectivity index (χ4v) is 1.46. The number of amides is 2. The highest BCUT2D eigenvalue weighted by molar-refractivity contribution is 5.95. The van der Waals surface area contributed by atoms with E-state index in [1.165, 1.54) is 0 Å². The normalized spacial score (nSPS) is 11.3. The van der Waals surface area contributed by atoms with Crippen LogP contribution in [0, 0.1) is 5.41 Å². The molecule has 0 aromatic heterocycles. The van der Waals surface area contributed by atoms with Crippen molar-refractivity contribution in [3.8, 4) is 0 Å². The van der Waals surface area contributed by atoms with E-state index in [1.807, 2.05) is 34.6 Å². The van der Waals surface area contributed by atoms with Crippen LogP contribution in [0.25, 0.3) is 0 Å². The third-order valence-corrected chi connectivity index (χ3v) is 2.78. The molecule has 0 aliphatic carbocycles. The van der Waals surface area contributed by atoms with Crippen LogP contribution in [0.15, 0.2) is 24.3 Å². The molecule has 0 heterocycles. The van der Waals surface area contributed by atoms with Gasteiger partial charge in [0.2, 0.25) is 11.8 Å². The van der Waals surface area contributed by atoms with E-state index in [0.717, 1.165) is 0 Å². The summed E-state index contributed by atoms with van der Waals surface area (Å²) in [6.07, 6.45) is 0. The quantitative estimate of drug-likeness (QED) is 0.781. The van der Waals surface area contributed by atoms with Gasteiger partial charge in [-0.15, -0.1) is 0 Å². The number of rotatable bonds is 5. The van der Waals surface area contributed by atoms with E-state index < -0.39 is 5.41 Å². The number of carbonyl (C=O) groups is 2. The van der Waals surface area contributed by atoms with Gasteiger partial charge in [0.25, 0.3) is 0 Å². The number of nitrogens with one attached hydrogen (secondary N) is 3. The van der Waals surface area contributed by atoms with Gasteiger partial charge in [-0.3, -0.25) is 9.59 Å². The van der Waals surface area contributed by atoms with Crippen LogP contribution in [-0.2, 0) is 9.59 Å². The predicted octanol–water partition coefficient (Wildman–Crippen LogP) is 2.61. The highest BCUT2D eigenvalue weighted by atomic mass is 16.2. The number of anilines is 2. The lowest BCUT2D eigenvalue weighted by molar-refractivity contribution is -0.123. The zero-order valence-corrected chi connectivity index (χ0v) is 13.4. The monoisotopic (exact) mass is 291 g/mol. The Hall–Kier alpha value is -1.88. The summed E-state index contributed by atoms with van der Waals surface area (Å²) in [4.78, 5) is 23.5. The summed E-state index contributed by atoms with van der Waals surface area (Å²) in [6.45, 7) is 9.83. The Bertz CT molecular complexity index is 487. The van der Waals surface area contributed by atoms with Crippen molar-refractivity contribution in [2.75, 3.05) is 17.2 Å². The minimum atomic E-state index is -0.435. The van der Waals surface area contributed by atoms with Gasteiger partial charge in [0.05, 0.1) is 6.54 Å². The number of hydrogen-bond donors (Lipinski definition) is 3. The first kappa shape index (κ1) is 17.2. The van der Waals surface area contributed by atoms with Crippen molar-refractivity contribution < 1.29 is 9.59 Å². The Labute approximate surface area is 126 Å². The van der Waals surface area contributed by atoms with Crippen molar-refractivity contribution in [2.24, 2.45) is 5.41 Å². The molecule has 3 N–H and O–H groups in total. The van der Waals surface area contributed by atoms with Crippen molar-refractivity contribution in [1.82, 2.24) is 5.32 Å². The Morgan fingerprint density at radius 2 is 1.48 bits per heavy atom. The van der Waals surface area contributed by atoms with Crippen LogP contribution in [0.1, 0.15) is 34.6 Å². The maximum absolute atomic E-state index is 11.9. The Morgan fingerprint density at radius 1 is 1.00 bits per heavy atom. The van der Waals surface area contributed by atoms with Gasteiger partial charge in [0.1, 0.15) is 0 Å². The summed E-state index contributed by atoms with van der Waals surface area (Å²) in [5.41, 5.74) is 0.989. The van der Waals surface area contributed by atoms with Gasteiger partial charge in [-0.05, 0) is 24.3 Å². The van der Waals surface area contributed by atoms with Crippen LogP contribution in [0.3, 0.4) is 0 Å². The van der Waals surface area contributed by atoms with Crippen LogP contribution in [0.5, 0.6) is 0 Å². The topological polar surface area (TPSA) is 70.2 Å². The SMILES string of the molecule is CC(C)NCC(=O)Nc1ccc(NC(=O)C(C)(C)C)cc1. The molecule has 0 bridgehead atoms. The summed E-state index contributed by atoms with van der Waals surface area (Å²) >= 11 is 0. The highest BCUT2D eigenvalue weighted by Crippen LogP contribution is 2.18. The Kier molecular flexibility index (Phi) is 5.90. The van der Waals surface area contributed by atoms with Gasteiger partial charge in [0.15, 0.2) is 0 Å². The van der Waals surface area contributed by atoms with Crippen LogP contribution in [0.4, 0.5) is 11.4 Å². The second kappa shape index (κ2) is 7.22. The van der Waals surface area contributed by atoms with Gasteiger partial charge in [-0.1, -0.05) is 34.6 Å². The molecule has 1 aromatic carbocycles. The molecule has 0 saturated heterocycles. The standard InChI is InChI=1S/C16H25N3O2/c1-11(2)17-10-14(20)18-12-6-8-13(9-7-12)19-15(21)16(3,4)5/h6-9,11,17H,10H2,1-5H3,(H,18,20)(H,19,21). The molecule has 0 radical (unpaired) electrons. The van der Waals surface area contributed by atoms with Crippen molar-refractivity contribution in [3.05, 3.63) is 24.3 Å². The molecule has 2 amide bonds. The minimum Gasteiger partial charge on any atom is -0.326 e. The summed E-state index contributed by atoms with van der Waals surface area (Å²) in [7, 11) is 0.